The number of hydrogen-bond acceptors (Lipinski definition) is 6. The van der Waals surface area contributed by atoms with E-state index in [9.17, 15) is 4.79 Å². The van der Waals surface area contributed by atoms with E-state index in [4.69, 9.17) is 16.3 Å². The van der Waals surface area contributed by atoms with Crippen LogP contribution in [0.25, 0.3) is 0 Å². The second kappa shape index (κ2) is 4.54. The number of halogens is 1. The molecule has 0 atom stereocenters. The standard InChI is InChI=1S/C9H9ClN4O3/c1-5-6(13-17-12-5)4-14-9(15)7(16-2)3-8(10)11-14/h3H,4H2,1-2H3. The molecule has 0 bridgehead atoms. The largest absolute Gasteiger partial charge is 0.491 e. The van der Waals surface area contributed by atoms with Crippen molar-refractivity contribution in [2.45, 2.75) is 13.5 Å². The summed E-state index contributed by atoms with van der Waals surface area (Å²) in [6, 6.07) is 1.36. The van der Waals surface area contributed by atoms with E-state index in [2.05, 4.69) is 20.0 Å². The number of methoxy groups -OCH3 is 1. The number of aromatic nitrogens is 4. The van der Waals surface area contributed by atoms with Crippen molar-refractivity contribution in [1.29, 1.82) is 0 Å². The number of ether oxygens (including phenoxy) is 1. The summed E-state index contributed by atoms with van der Waals surface area (Å²) in [7, 11) is 1.39. The van der Waals surface area contributed by atoms with Gasteiger partial charge in [-0.05, 0) is 6.92 Å². The molecule has 0 N–H and O–H groups in total. The van der Waals surface area contributed by atoms with E-state index in [0.29, 0.717) is 11.4 Å². The summed E-state index contributed by atoms with van der Waals surface area (Å²) >= 11 is 5.77. The van der Waals surface area contributed by atoms with Gasteiger partial charge in [0.15, 0.2) is 10.9 Å². The van der Waals surface area contributed by atoms with Gasteiger partial charge in [0.05, 0.1) is 13.7 Å². The minimum atomic E-state index is -0.390. The zero-order valence-electron chi connectivity index (χ0n) is 9.18. The Bertz CT molecular complexity index is 592. The Kier molecular flexibility index (Phi) is 3.10. The van der Waals surface area contributed by atoms with Crippen molar-refractivity contribution in [3.05, 3.63) is 33.0 Å². The quantitative estimate of drug-likeness (QED) is 0.802. The third-order valence-electron chi connectivity index (χ3n) is 2.18. The first-order chi connectivity index (χ1) is 8.11. The second-order valence-corrected chi connectivity index (χ2v) is 3.68. The molecule has 0 amide bonds. The van der Waals surface area contributed by atoms with Gasteiger partial charge >= 0.3 is 5.56 Å². The lowest BCUT2D eigenvalue weighted by atomic mass is 10.3. The van der Waals surface area contributed by atoms with Gasteiger partial charge in [0, 0.05) is 6.07 Å². The van der Waals surface area contributed by atoms with Crippen LogP contribution in [0.15, 0.2) is 15.5 Å². The number of aryl methyl sites for hydroxylation is 1. The molecule has 7 nitrogen and oxygen atoms in total. The molecule has 8 heteroatoms. The van der Waals surface area contributed by atoms with Gasteiger partial charge in [-0.1, -0.05) is 21.9 Å². The molecule has 0 fully saturated rings. The summed E-state index contributed by atoms with van der Waals surface area (Å²) in [5, 5.41) is 11.3. The molecule has 2 aromatic rings. The molecule has 0 aliphatic heterocycles. The molecule has 0 unspecified atom stereocenters. The normalized spacial score (nSPS) is 10.5. The SMILES string of the molecule is COc1cc(Cl)nn(Cc2nonc2C)c1=O. The molecule has 0 aromatic carbocycles. The molecule has 0 radical (unpaired) electrons. The van der Waals surface area contributed by atoms with Crippen LogP contribution in [-0.2, 0) is 6.54 Å². The van der Waals surface area contributed by atoms with Crippen molar-refractivity contribution >= 4 is 11.6 Å². The lowest BCUT2D eigenvalue weighted by Crippen LogP contribution is -2.25. The topological polar surface area (TPSA) is 83.0 Å². The van der Waals surface area contributed by atoms with E-state index in [-0.39, 0.29) is 23.0 Å². The average molecular weight is 257 g/mol. The Morgan fingerprint density at radius 3 is 2.88 bits per heavy atom. The zero-order chi connectivity index (χ0) is 12.4. The fourth-order valence-electron chi connectivity index (χ4n) is 1.27. The minimum Gasteiger partial charge on any atom is -0.491 e. The maximum atomic E-state index is 11.8. The molecule has 0 saturated carbocycles. The van der Waals surface area contributed by atoms with Crippen molar-refractivity contribution in [2.75, 3.05) is 7.11 Å². The van der Waals surface area contributed by atoms with Crippen molar-refractivity contribution < 1.29 is 9.37 Å². The van der Waals surface area contributed by atoms with E-state index in [0.717, 1.165) is 4.68 Å². The van der Waals surface area contributed by atoms with Crippen LogP contribution in [0.1, 0.15) is 11.4 Å². The summed E-state index contributed by atoms with van der Waals surface area (Å²) in [6.45, 7) is 1.85. The van der Waals surface area contributed by atoms with Crippen LogP contribution in [0.4, 0.5) is 0 Å². The predicted octanol–water partition coefficient (Wildman–Crippen LogP) is 0.645. The molecule has 2 rings (SSSR count). The van der Waals surface area contributed by atoms with E-state index in [1.54, 1.807) is 6.92 Å². The van der Waals surface area contributed by atoms with Crippen molar-refractivity contribution in [1.82, 2.24) is 20.1 Å². The van der Waals surface area contributed by atoms with Crippen LogP contribution in [-0.4, -0.2) is 27.2 Å². The summed E-state index contributed by atoms with van der Waals surface area (Å²) in [5.41, 5.74) is 0.723. The molecule has 2 heterocycles. The molecular weight excluding hydrogens is 248 g/mol. The Morgan fingerprint density at radius 1 is 1.53 bits per heavy atom. The van der Waals surface area contributed by atoms with Crippen LogP contribution in [0.3, 0.4) is 0 Å². The highest BCUT2D eigenvalue weighted by Crippen LogP contribution is 2.10. The highest BCUT2D eigenvalue weighted by atomic mass is 35.5. The Labute approximate surface area is 101 Å². The number of nitrogens with zero attached hydrogens (tertiary/aromatic N) is 4. The van der Waals surface area contributed by atoms with E-state index in [1.807, 2.05) is 0 Å². The monoisotopic (exact) mass is 256 g/mol. The van der Waals surface area contributed by atoms with Gasteiger partial charge in [0.1, 0.15) is 11.4 Å². The smallest absolute Gasteiger partial charge is 0.309 e. The minimum absolute atomic E-state index is 0.124. The van der Waals surface area contributed by atoms with Gasteiger partial charge in [0.25, 0.3) is 0 Å². The van der Waals surface area contributed by atoms with E-state index < -0.39 is 0 Å². The third kappa shape index (κ3) is 2.28. The van der Waals surface area contributed by atoms with E-state index >= 15 is 0 Å². The first-order valence-corrected chi connectivity index (χ1v) is 5.09. The zero-order valence-corrected chi connectivity index (χ0v) is 9.93. The van der Waals surface area contributed by atoms with Gasteiger partial charge in [-0.2, -0.15) is 5.10 Å². The van der Waals surface area contributed by atoms with Crippen LogP contribution in [0.5, 0.6) is 5.75 Å². The lowest BCUT2D eigenvalue weighted by Gasteiger charge is -2.05. The summed E-state index contributed by atoms with van der Waals surface area (Å²) in [5.74, 6) is 0.124. The van der Waals surface area contributed by atoms with Crippen LogP contribution in [0, 0.1) is 6.92 Å². The van der Waals surface area contributed by atoms with E-state index in [1.165, 1.54) is 13.2 Å². The molecule has 0 aliphatic carbocycles. The molecular formula is C9H9ClN4O3. The fourth-order valence-corrected chi connectivity index (χ4v) is 1.47. The van der Waals surface area contributed by atoms with Crippen LogP contribution in [0.2, 0.25) is 5.15 Å². The molecule has 0 saturated heterocycles. The van der Waals surface area contributed by atoms with Gasteiger partial charge < -0.3 is 4.74 Å². The van der Waals surface area contributed by atoms with Gasteiger partial charge in [-0.3, -0.25) is 4.79 Å². The van der Waals surface area contributed by atoms with Crippen molar-refractivity contribution in [3.63, 3.8) is 0 Å². The average Bonchev–Trinajstić information content (AvgIpc) is 2.69. The third-order valence-corrected chi connectivity index (χ3v) is 2.36. The Morgan fingerprint density at radius 2 is 2.29 bits per heavy atom. The highest BCUT2D eigenvalue weighted by molar-refractivity contribution is 6.29. The first-order valence-electron chi connectivity index (χ1n) is 4.71. The van der Waals surface area contributed by atoms with Crippen LogP contribution >= 0.6 is 11.6 Å². The maximum absolute atomic E-state index is 11.8. The summed E-state index contributed by atoms with van der Waals surface area (Å²) < 4.78 is 10.6. The highest BCUT2D eigenvalue weighted by Gasteiger charge is 2.12. The molecule has 90 valence electrons. The number of hydrogen-bond donors (Lipinski definition) is 0. The lowest BCUT2D eigenvalue weighted by molar-refractivity contribution is 0.299. The van der Waals surface area contributed by atoms with Gasteiger partial charge in [-0.15, -0.1) is 0 Å². The Balaban J connectivity index is 2.43. The second-order valence-electron chi connectivity index (χ2n) is 3.29. The number of rotatable bonds is 3. The summed E-state index contributed by atoms with van der Waals surface area (Å²) in [4.78, 5) is 11.8. The molecule has 17 heavy (non-hydrogen) atoms. The van der Waals surface area contributed by atoms with Gasteiger partial charge in [-0.25, -0.2) is 9.31 Å². The predicted molar refractivity (Wildman–Crippen MR) is 58.2 cm³/mol. The summed E-state index contributed by atoms with van der Waals surface area (Å²) in [6.07, 6.45) is 0. The van der Waals surface area contributed by atoms with Crippen LogP contribution < -0.4 is 10.3 Å². The van der Waals surface area contributed by atoms with Crippen molar-refractivity contribution in [2.24, 2.45) is 0 Å². The molecule has 0 aliphatic rings. The molecule has 0 spiro atoms. The first kappa shape index (κ1) is 11.6. The Hall–Kier alpha value is -1.89. The fraction of sp³-hybridized carbons (Fsp3) is 0.333. The maximum Gasteiger partial charge on any atom is 0.309 e. The van der Waals surface area contributed by atoms with Crippen molar-refractivity contribution in [3.8, 4) is 5.75 Å². The van der Waals surface area contributed by atoms with Gasteiger partial charge in [0.2, 0.25) is 0 Å². The molecule has 2 aromatic heterocycles.